The van der Waals surface area contributed by atoms with Crippen LogP contribution in [0.1, 0.15) is 12.8 Å². The summed E-state index contributed by atoms with van der Waals surface area (Å²) in [5, 5.41) is 1.65. The minimum atomic E-state index is -0.227. The highest BCUT2D eigenvalue weighted by Crippen LogP contribution is 2.12. The van der Waals surface area contributed by atoms with E-state index in [-0.39, 0.29) is 11.8 Å². The molecular formula is C6H13N3O. The quantitative estimate of drug-likeness (QED) is 0.465. The third kappa shape index (κ3) is 1.68. The molecule has 4 heteroatoms. The van der Waals surface area contributed by atoms with E-state index in [1.54, 1.807) is 5.01 Å². The molecule has 1 unspecified atom stereocenters. The molecule has 1 aliphatic heterocycles. The standard InChI is InChI=1S/C6H13N3O/c7-6(10)5-2-1-3-9(8)4-5/h5H,1-4,8H2,(H2,7,10). The summed E-state index contributed by atoms with van der Waals surface area (Å²) in [5.41, 5.74) is 5.11. The van der Waals surface area contributed by atoms with E-state index in [9.17, 15) is 4.79 Å². The van der Waals surface area contributed by atoms with E-state index >= 15 is 0 Å². The molecule has 0 aliphatic carbocycles. The Kier molecular flexibility index (Phi) is 2.24. The number of nitrogens with zero attached hydrogens (tertiary/aromatic N) is 1. The minimum absolute atomic E-state index is 0.0289. The minimum Gasteiger partial charge on any atom is -0.369 e. The van der Waals surface area contributed by atoms with Gasteiger partial charge in [-0.15, -0.1) is 0 Å². The maximum absolute atomic E-state index is 10.6. The molecule has 1 heterocycles. The van der Waals surface area contributed by atoms with Crippen LogP contribution in [-0.2, 0) is 4.79 Å². The lowest BCUT2D eigenvalue weighted by Gasteiger charge is -2.26. The van der Waals surface area contributed by atoms with E-state index in [2.05, 4.69) is 0 Å². The molecule has 1 amide bonds. The topological polar surface area (TPSA) is 72.4 Å². The fraction of sp³-hybridized carbons (Fsp3) is 0.833. The summed E-state index contributed by atoms with van der Waals surface area (Å²) in [7, 11) is 0. The van der Waals surface area contributed by atoms with Crippen LogP contribution in [0.3, 0.4) is 0 Å². The molecule has 0 radical (unpaired) electrons. The number of hydrazine groups is 1. The molecule has 1 aliphatic rings. The highest BCUT2D eigenvalue weighted by Gasteiger charge is 2.21. The number of amides is 1. The first-order chi connectivity index (χ1) is 4.70. The Bertz CT molecular complexity index is 137. The molecule has 4 nitrogen and oxygen atoms in total. The van der Waals surface area contributed by atoms with E-state index in [1.807, 2.05) is 0 Å². The number of hydrogen-bond acceptors (Lipinski definition) is 3. The van der Waals surface area contributed by atoms with Crippen molar-refractivity contribution in [2.24, 2.45) is 17.5 Å². The van der Waals surface area contributed by atoms with Crippen molar-refractivity contribution in [1.29, 1.82) is 0 Å². The van der Waals surface area contributed by atoms with Crippen LogP contribution < -0.4 is 11.6 Å². The molecule has 1 saturated heterocycles. The first-order valence-corrected chi connectivity index (χ1v) is 3.49. The predicted octanol–water partition coefficient (Wildman–Crippen LogP) is -0.943. The number of carbonyl (C=O) groups is 1. The van der Waals surface area contributed by atoms with Gasteiger partial charge in [0.05, 0.1) is 5.92 Å². The molecule has 4 N–H and O–H groups in total. The van der Waals surface area contributed by atoms with E-state index in [1.165, 1.54) is 0 Å². The Balaban J connectivity index is 2.39. The lowest BCUT2D eigenvalue weighted by atomic mass is 9.99. The number of nitrogens with two attached hydrogens (primary N) is 2. The summed E-state index contributed by atoms with van der Waals surface area (Å²) in [6, 6.07) is 0. The molecule has 0 aromatic heterocycles. The van der Waals surface area contributed by atoms with Crippen LogP contribution in [0.25, 0.3) is 0 Å². The first-order valence-electron chi connectivity index (χ1n) is 3.49. The molecule has 1 fully saturated rings. The Morgan fingerprint density at radius 1 is 1.60 bits per heavy atom. The second-order valence-corrected chi connectivity index (χ2v) is 2.74. The molecule has 0 aromatic rings. The Morgan fingerprint density at radius 2 is 2.30 bits per heavy atom. The van der Waals surface area contributed by atoms with Crippen molar-refractivity contribution in [3.63, 3.8) is 0 Å². The second kappa shape index (κ2) is 2.98. The lowest BCUT2D eigenvalue weighted by molar-refractivity contribution is -0.123. The number of piperidine rings is 1. The third-order valence-corrected chi connectivity index (χ3v) is 1.86. The van der Waals surface area contributed by atoms with Gasteiger partial charge < -0.3 is 5.73 Å². The molecule has 58 valence electrons. The molecule has 1 atom stereocenters. The van der Waals surface area contributed by atoms with Crippen LogP contribution in [0.5, 0.6) is 0 Å². The van der Waals surface area contributed by atoms with E-state index in [0.717, 1.165) is 19.4 Å². The summed E-state index contributed by atoms with van der Waals surface area (Å²) in [6.07, 6.45) is 1.87. The fourth-order valence-electron chi connectivity index (χ4n) is 1.24. The van der Waals surface area contributed by atoms with E-state index in [4.69, 9.17) is 11.6 Å². The number of rotatable bonds is 1. The highest BCUT2D eigenvalue weighted by molar-refractivity contribution is 5.76. The zero-order valence-corrected chi connectivity index (χ0v) is 5.92. The van der Waals surface area contributed by atoms with Crippen LogP contribution in [0, 0.1) is 5.92 Å². The molecular weight excluding hydrogens is 130 g/mol. The smallest absolute Gasteiger partial charge is 0.221 e. The zero-order chi connectivity index (χ0) is 7.56. The Morgan fingerprint density at radius 3 is 2.70 bits per heavy atom. The van der Waals surface area contributed by atoms with Gasteiger partial charge in [-0.25, -0.2) is 5.01 Å². The van der Waals surface area contributed by atoms with E-state index < -0.39 is 0 Å². The second-order valence-electron chi connectivity index (χ2n) is 2.74. The summed E-state index contributed by atoms with van der Waals surface area (Å²) >= 11 is 0. The number of primary amides is 1. The van der Waals surface area contributed by atoms with Gasteiger partial charge in [-0.3, -0.25) is 10.6 Å². The number of carbonyl (C=O) groups excluding carboxylic acids is 1. The van der Waals surface area contributed by atoms with Crippen molar-refractivity contribution in [2.45, 2.75) is 12.8 Å². The van der Waals surface area contributed by atoms with Gasteiger partial charge in [0, 0.05) is 13.1 Å². The van der Waals surface area contributed by atoms with Crippen molar-refractivity contribution in [1.82, 2.24) is 5.01 Å². The van der Waals surface area contributed by atoms with Gasteiger partial charge in [0.25, 0.3) is 0 Å². The van der Waals surface area contributed by atoms with Gasteiger partial charge in [-0.2, -0.15) is 0 Å². The van der Waals surface area contributed by atoms with Crippen LogP contribution in [-0.4, -0.2) is 24.0 Å². The first kappa shape index (κ1) is 7.50. The zero-order valence-electron chi connectivity index (χ0n) is 5.92. The monoisotopic (exact) mass is 143 g/mol. The SMILES string of the molecule is NC(=O)C1CCCN(N)C1. The highest BCUT2D eigenvalue weighted by atomic mass is 16.1. The van der Waals surface area contributed by atoms with Crippen LogP contribution in [0.15, 0.2) is 0 Å². The van der Waals surface area contributed by atoms with Gasteiger partial charge in [0.1, 0.15) is 0 Å². The average Bonchev–Trinajstić information content (AvgIpc) is 1.88. The molecule has 0 saturated carbocycles. The lowest BCUT2D eigenvalue weighted by Crippen LogP contribution is -2.44. The van der Waals surface area contributed by atoms with E-state index in [0.29, 0.717) is 6.54 Å². The normalized spacial score (nSPS) is 28.3. The molecule has 0 aromatic carbocycles. The maximum Gasteiger partial charge on any atom is 0.221 e. The maximum atomic E-state index is 10.6. The fourth-order valence-corrected chi connectivity index (χ4v) is 1.24. The number of hydrogen-bond donors (Lipinski definition) is 2. The summed E-state index contributed by atoms with van der Waals surface area (Å²) in [6.45, 7) is 1.50. The largest absolute Gasteiger partial charge is 0.369 e. The van der Waals surface area contributed by atoms with Crippen molar-refractivity contribution < 1.29 is 4.79 Å². The van der Waals surface area contributed by atoms with Crippen molar-refractivity contribution in [3.8, 4) is 0 Å². The van der Waals surface area contributed by atoms with Crippen LogP contribution >= 0.6 is 0 Å². The molecule has 0 bridgehead atoms. The summed E-state index contributed by atoms with van der Waals surface area (Å²) < 4.78 is 0. The third-order valence-electron chi connectivity index (χ3n) is 1.86. The average molecular weight is 143 g/mol. The van der Waals surface area contributed by atoms with Gasteiger partial charge in [0.15, 0.2) is 0 Å². The van der Waals surface area contributed by atoms with Crippen molar-refractivity contribution in [3.05, 3.63) is 0 Å². The molecule has 10 heavy (non-hydrogen) atoms. The summed E-state index contributed by atoms with van der Waals surface area (Å²) in [5.74, 6) is 5.23. The van der Waals surface area contributed by atoms with Gasteiger partial charge in [-0.05, 0) is 12.8 Å². The van der Waals surface area contributed by atoms with Crippen LogP contribution in [0.4, 0.5) is 0 Å². The molecule has 0 spiro atoms. The Hall–Kier alpha value is -0.610. The van der Waals surface area contributed by atoms with Gasteiger partial charge >= 0.3 is 0 Å². The summed E-state index contributed by atoms with van der Waals surface area (Å²) in [4.78, 5) is 10.6. The van der Waals surface area contributed by atoms with Gasteiger partial charge in [0.2, 0.25) is 5.91 Å². The van der Waals surface area contributed by atoms with Crippen LogP contribution in [0.2, 0.25) is 0 Å². The van der Waals surface area contributed by atoms with Crippen molar-refractivity contribution in [2.75, 3.05) is 13.1 Å². The molecule has 1 rings (SSSR count). The predicted molar refractivity (Wildman–Crippen MR) is 37.7 cm³/mol. The van der Waals surface area contributed by atoms with Gasteiger partial charge in [-0.1, -0.05) is 0 Å². The Labute approximate surface area is 60.1 Å². The van der Waals surface area contributed by atoms with Crippen molar-refractivity contribution >= 4 is 5.91 Å².